The van der Waals surface area contributed by atoms with Crippen LogP contribution in [0, 0.1) is 18.3 Å². The highest BCUT2D eigenvalue weighted by Gasteiger charge is 2.41. The van der Waals surface area contributed by atoms with Crippen molar-refractivity contribution in [1.82, 2.24) is 5.32 Å². The SMILES string of the molecule is C#CCCCC(NC)C1(OCC)CCCC(C)C1. The average molecular weight is 251 g/mol. The highest BCUT2D eigenvalue weighted by atomic mass is 16.5. The zero-order valence-corrected chi connectivity index (χ0v) is 12.3. The quantitative estimate of drug-likeness (QED) is 0.553. The third-order valence-electron chi connectivity index (χ3n) is 4.22. The minimum Gasteiger partial charge on any atom is -0.374 e. The molecule has 1 saturated carbocycles. The fourth-order valence-corrected chi connectivity index (χ4v) is 3.46. The molecule has 1 N–H and O–H groups in total. The Morgan fingerprint density at radius 2 is 2.33 bits per heavy atom. The van der Waals surface area contributed by atoms with E-state index in [2.05, 4.69) is 32.1 Å². The van der Waals surface area contributed by atoms with Gasteiger partial charge in [0.05, 0.1) is 5.60 Å². The van der Waals surface area contributed by atoms with E-state index < -0.39 is 0 Å². The van der Waals surface area contributed by atoms with Gasteiger partial charge in [0, 0.05) is 19.1 Å². The van der Waals surface area contributed by atoms with Crippen LogP contribution < -0.4 is 5.32 Å². The van der Waals surface area contributed by atoms with Gasteiger partial charge in [-0.25, -0.2) is 0 Å². The van der Waals surface area contributed by atoms with Crippen LogP contribution in [0.2, 0.25) is 0 Å². The first-order chi connectivity index (χ1) is 8.68. The van der Waals surface area contributed by atoms with Crippen molar-refractivity contribution in [2.45, 2.75) is 70.4 Å². The van der Waals surface area contributed by atoms with E-state index in [1.807, 2.05) is 0 Å². The van der Waals surface area contributed by atoms with Gasteiger partial charge in [0.25, 0.3) is 0 Å². The number of ether oxygens (including phenoxy) is 1. The second kappa shape index (κ2) is 7.81. The monoisotopic (exact) mass is 251 g/mol. The van der Waals surface area contributed by atoms with E-state index in [0.717, 1.165) is 31.8 Å². The molecule has 0 radical (unpaired) electrons. The van der Waals surface area contributed by atoms with Crippen LogP contribution >= 0.6 is 0 Å². The molecule has 0 aliphatic heterocycles. The third kappa shape index (κ3) is 4.00. The van der Waals surface area contributed by atoms with Gasteiger partial charge in [0.2, 0.25) is 0 Å². The molecule has 0 aromatic rings. The third-order valence-corrected chi connectivity index (χ3v) is 4.22. The molecule has 0 spiro atoms. The van der Waals surface area contributed by atoms with Crippen molar-refractivity contribution >= 4 is 0 Å². The average Bonchev–Trinajstić information content (AvgIpc) is 2.35. The highest BCUT2D eigenvalue weighted by Crippen LogP contribution is 2.39. The van der Waals surface area contributed by atoms with E-state index in [1.54, 1.807) is 0 Å². The van der Waals surface area contributed by atoms with Gasteiger partial charge in [-0.15, -0.1) is 12.3 Å². The van der Waals surface area contributed by atoms with Crippen molar-refractivity contribution < 1.29 is 4.74 Å². The molecule has 0 bridgehead atoms. The molecule has 0 saturated heterocycles. The fourth-order valence-electron chi connectivity index (χ4n) is 3.46. The molecule has 1 aliphatic rings. The standard InChI is InChI=1S/C16H29NO/c1-5-7-8-11-15(17-4)16(18-6-2)12-9-10-14(3)13-16/h1,14-15,17H,6-13H2,2-4H3. The maximum absolute atomic E-state index is 6.21. The van der Waals surface area contributed by atoms with Crippen molar-refractivity contribution in [2.24, 2.45) is 5.92 Å². The van der Waals surface area contributed by atoms with Gasteiger partial charge in [0.1, 0.15) is 0 Å². The first-order valence-corrected chi connectivity index (χ1v) is 7.43. The first kappa shape index (κ1) is 15.5. The Morgan fingerprint density at radius 1 is 1.56 bits per heavy atom. The van der Waals surface area contributed by atoms with Crippen LogP contribution in [0.3, 0.4) is 0 Å². The summed E-state index contributed by atoms with van der Waals surface area (Å²) in [7, 11) is 2.06. The summed E-state index contributed by atoms with van der Waals surface area (Å²) in [5.41, 5.74) is 0.0375. The van der Waals surface area contributed by atoms with Crippen LogP contribution in [0.25, 0.3) is 0 Å². The summed E-state index contributed by atoms with van der Waals surface area (Å²) in [6.07, 6.45) is 13.4. The van der Waals surface area contributed by atoms with Crippen molar-refractivity contribution in [3.8, 4) is 12.3 Å². The fraction of sp³-hybridized carbons (Fsp3) is 0.875. The predicted molar refractivity (Wildman–Crippen MR) is 77.5 cm³/mol. The normalized spacial score (nSPS) is 29.8. The molecule has 104 valence electrons. The van der Waals surface area contributed by atoms with Gasteiger partial charge >= 0.3 is 0 Å². The lowest BCUT2D eigenvalue weighted by Crippen LogP contribution is -2.54. The molecular formula is C16H29NO. The summed E-state index contributed by atoms with van der Waals surface area (Å²) in [5.74, 6) is 3.51. The Labute approximate surface area is 113 Å². The highest BCUT2D eigenvalue weighted by molar-refractivity contribution is 4.97. The van der Waals surface area contributed by atoms with Gasteiger partial charge in [-0.05, 0) is 45.6 Å². The summed E-state index contributed by atoms with van der Waals surface area (Å²) >= 11 is 0. The summed E-state index contributed by atoms with van der Waals surface area (Å²) in [5, 5.41) is 3.48. The number of likely N-dealkylation sites (N-methyl/N-ethyl adjacent to an activating group) is 1. The Hall–Kier alpha value is -0.520. The molecule has 0 aromatic heterocycles. The number of hydrogen-bond donors (Lipinski definition) is 1. The smallest absolute Gasteiger partial charge is 0.0837 e. The van der Waals surface area contributed by atoms with Gasteiger partial charge in [-0.3, -0.25) is 0 Å². The molecule has 2 heteroatoms. The van der Waals surface area contributed by atoms with Gasteiger partial charge in [0.15, 0.2) is 0 Å². The lowest BCUT2D eigenvalue weighted by molar-refractivity contribution is -0.101. The summed E-state index contributed by atoms with van der Waals surface area (Å²) in [4.78, 5) is 0. The van der Waals surface area contributed by atoms with Gasteiger partial charge < -0.3 is 10.1 Å². The lowest BCUT2D eigenvalue weighted by atomic mass is 9.73. The van der Waals surface area contributed by atoms with Crippen LogP contribution in [-0.4, -0.2) is 25.3 Å². The Bertz CT molecular complexity index is 267. The summed E-state index contributed by atoms with van der Waals surface area (Å²) < 4.78 is 6.21. The molecular weight excluding hydrogens is 222 g/mol. The zero-order chi connectivity index (χ0) is 13.4. The van der Waals surface area contributed by atoms with Crippen LogP contribution in [0.5, 0.6) is 0 Å². The summed E-state index contributed by atoms with van der Waals surface area (Å²) in [6.45, 7) is 5.26. The molecule has 3 atom stereocenters. The van der Waals surface area contributed by atoms with E-state index in [0.29, 0.717) is 6.04 Å². The largest absolute Gasteiger partial charge is 0.374 e. The van der Waals surface area contributed by atoms with Crippen molar-refractivity contribution in [3.63, 3.8) is 0 Å². The minimum absolute atomic E-state index is 0.0375. The number of unbranched alkanes of at least 4 members (excludes halogenated alkanes) is 1. The van der Waals surface area contributed by atoms with E-state index >= 15 is 0 Å². The van der Waals surface area contributed by atoms with Crippen LogP contribution in [0.4, 0.5) is 0 Å². The first-order valence-electron chi connectivity index (χ1n) is 7.43. The molecule has 0 heterocycles. The van der Waals surface area contributed by atoms with E-state index in [9.17, 15) is 0 Å². The second-order valence-electron chi connectivity index (χ2n) is 5.64. The Morgan fingerprint density at radius 3 is 2.89 bits per heavy atom. The van der Waals surface area contributed by atoms with E-state index in [1.165, 1.54) is 25.7 Å². The van der Waals surface area contributed by atoms with E-state index in [-0.39, 0.29) is 5.60 Å². The molecule has 0 aromatic carbocycles. The number of hydrogen-bond acceptors (Lipinski definition) is 2. The van der Waals surface area contributed by atoms with Crippen LogP contribution in [0.1, 0.15) is 58.8 Å². The topological polar surface area (TPSA) is 21.3 Å². The van der Waals surface area contributed by atoms with Crippen LogP contribution in [-0.2, 0) is 4.74 Å². The molecule has 2 nitrogen and oxygen atoms in total. The van der Waals surface area contributed by atoms with Crippen LogP contribution in [0.15, 0.2) is 0 Å². The van der Waals surface area contributed by atoms with Gasteiger partial charge in [-0.2, -0.15) is 0 Å². The van der Waals surface area contributed by atoms with Crippen molar-refractivity contribution in [3.05, 3.63) is 0 Å². The maximum atomic E-state index is 6.21. The summed E-state index contributed by atoms with van der Waals surface area (Å²) in [6, 6.07) is 0.438. The molecule has 1 fully saturated rings. The maximum Gasteiger partial charge on any atom is 0.0837 e. The second-order valence-corrected chi connectivity index (χ2v) is 5.64. The molecule has 0 amide bonds. The molecule has 3 unspecified atom stereocenters. The van der Waals surface area contributed by atoms with Crippen molar-refractivity contribution in [2.75, 3.05) is 13.7 Å². The minimum atomic E-state index is 0.0375. The predicted octanol–water partition coefficient (Wildman–Crippen LogP) is 3.36. The molecule has 18 heavy (non-hydrogen) atoms. The van der Waals surface area contributed by atoms with Crippen molar-refractivity contribution in [1.29, 1.82) is 0 Å². The lowest BCUT2D eigenvalue weighted by Gasteiger charge is -2.45. The molecule has 1 rings (SSSR count). The number of nitrogens with one attached hydrogen (secondary N) is 1. The van der Waals surface area contributed by atoms with E-state index in [4.69, 9.17) is 11.2 Å². The Kier molecular flexibility index (Phi) is 6.75. The Balaban J connectivity index is 2.69. The number of terminal acetylenes is 1. The number of rotatable bonds is 7. The zero-order valence-electron chi connectivity index (χ0n) is 12.3. The van der Waals surface area contributed by atoms with Gasteiger partial charge in [-0.1, -0.05) is 19.8 Å². The molecule has 1 aliphatic carbocycles.